The van der Waals surface area contributed by atoms with Crippen molar-refractivity contribution in [3.8, 4) is 0 Å². The third-order valence-corrected chi connectivity index (χ3v) is 5.84. The van der Waals surface area contributed by atoms with Crippen LogP contribution >= 0.6 is 0 Å². The van der Waals surface area contributed by atoms with Gasteiger partial charge in [0.15, 0.2) is 5.78 Å². The Bertz CT molecular complexity index is 982. The van der Waals surface area contributed by atoms with E-state index in [2.05, 4.69) is 5.32 Å². The average Bonchev–Trinajstić information content (AvgIpc) is 2.75. The Morgan fingerprint density at radius 1 is 1.22 bits per heavy atom. The molecule has 0 amide bonds. The molecule has 0 saturated carbocycles. The maximum Gasteiger partial charge on any atom is 0.336 e. The Labute approximate surface area is 186 Å². The van der Waals surface area contributed by atoms with Gasteiger partial charge in [0.05, 0.1) is 25.2 Å². The average molecular weight is 445 g/mol. The number of benzene rings is 1. The summed E-state index contributed by atoms with van der Waals surface area (Å²) < 4.78 is 30.4. The minimum absolute atomic E-state index is 0.0229. The summed E-state index contributed by atoms with van der Waals surface area (Å²) in [6, 6.07) is 5.99. The molecule has 0 bridgehead atoms. The number of carbonyl (C=O) groups is 3. The highest BCUT2D eigenvalue weighted by Crippen LogP contribution is 2.45. The minimum atomic E-state index is -1.02. The highest BCUT2D eigenvalue weighted by atomic mass is 19.1. The molecule has 172 valence electrons. The van der Waals surface area contributed by atoms with Gasteiger partial charge in [0.1, 0.15) is 18.3 Å². The number of nitrogens with one attached hydrogen (secondary N) is 1. The van der Waals surface area contributed by atoms with Crippen LogP contribution in [0.25, 0.3) is 0 Å². The Kier molecular flexibility index (Phi) is 7.45. The normalized spacial score (nSPS) is 22.9. The third kappa shape index (κ3) is 4.46. The van der Waals surface area contributed by atoms with Crippen LogP contribution in [-0.2, 0) is 28.6 Å². The molecule has 0 aromatic heterocycles. The molecule has 2 aliphatic rings. The van der Waals surface area contributed by atoms with E-state index >= 15 is 0 Å². The zero-order valence-corrected chi connectivity index (χ0v) is 18.7. The third-order valence-electron chi connectivity index (χ3n) is 5.84. The number of hydrogen-bond donors (Lipinski definition) is 1. The van der Waals surface area contributed by atoms with Crippen molar-refractivity contribution in [3.05, 3.63) is 58.2 Å². The van der Waals surface area contributed by atoms with Gasteiger partial charge in [-0.05, 0) is 32.3 Å². The number of carbonyl (C=O) groups excluding carboxylic acids is 3. The van der Waals surface area contributed by atoms with E-state index in [0.29, 0.717) is 24.4 Å². The summed E-state index contributed by atoms with van der Waals surface area (Å²) in [5, 5.41) is 3.14. The highest BCUT2D eigenvalue weighted by molar-refractivity contribution is 6.12. The van der Waals surface area contributed by atoms with E-state index in [9.17, 15) is 18.8 Å². The lowest BCUT2D eigenvalue weighted by atomic mass is 9.69. The van der Waals surface area contributed by atoms with E-state index in [1.165, 1.54) is 25.3 Å². The standard InChI is InChI=1S/C24H28FNO6/c1-5-31-10-11-32-24(29)19-14(3)26-17-12-13(2)18(23(28)30-4)22(27)21(17)20(19)15-8-6-7-9-16(15)25/h6-9,13,18,20,26H,5,10-12H2,1-4H3/t13-,18+,20+/m0/s1. The number of halogens is 1. The molecule has 1 heterocycles. The Morgan fingerprint density at radius 3 is 2.59 bits per heavy atom. The maximum absolute atomic E-state index is 14.9. The van der Waals surface area contributed by atoms with Gasteiger partial charge in [-0.25, -0.2) is 9.18 Å². The summed E-state index contributed by atoms with van der Waals surface area (Å²) in [5.41, 5.74) is 1.57. The van der Waals surface area contributed by atoms with Crippen molar-refractivity contribution in [1.82, 2.24) is 5.32 Å². The van der Waals surface area contributed by atoms with Crippen molar-refractivity contribution in [2.45, 2.75) is 33.1 Å². The predicted octanol–water partition coefficient (Wildman–Crippen LogP) is 3.02. The first kappa shape index (κ1) is 23.7. The summed E-state index contributed by atoms with van der Waals surface area (Å²) in [4.78, 5) is 39.0. The fourth-order valence-corrected chi connectivity index (χ4v) is 4.39. The molecule has 1 N–H and O–H groups in total. The lowest BCUT2D eigenvalue weighted by Crippen LogP contribution is -2.43. The number of allylic oxidation sites excluding steroid dienone is 3. The maximum atomic E-state index is 14.9. The smallest absolute Gasteiger partial charge is 0.336 e. The number of hydrogen-bond acceptors (Lipinski definition) is 7. The van der Waals surface area contributed by atoms with E-state index in [4.69, 9.17) is 14.2 Å². The molecule has 0 spiro atoms. The van der Waals surface area contributed by atoms with Crippen molar-refractivity contribution < 1.29 is 33.0 Å². The molecule has 3 atom stereocenters. The first-order valence-electron chi connectivity index (χ1n) is 10.6. The number of esters is 2. The number of ether oxygens (including phenoxy) is 3. The summed E-state index contributed by atoms with van der Waals surface area (Å²) in [6.07, 6.45) is 0.385. The lowest BCUT2D eigenvalue weighted by molar-refractivity contribution is -0.151. The number of methoxy groups -OCH3 is 1. The van der Waals surface area contributed by atoms with Gasteiger partial charge < -0.3 is 19.5 Å². The molecule has 3 rings (SSSR count). The zero-order valence-electron chi connectivity index (χ0n) is 18.7. The molecular formula is C24H28FNO6. The SMILES string of the molecule is CCOCCOC(=O)C1=C(C)NC2=C(C(=O)[C@H](C(=O)OC)[C@@H](C)C2)[C@@H]1c1ccccc1F. The molecule has 0 radical (unpaired) electrons. The van der Waals surface area contributed by atoms with Crippen molar-refractivity contribution in [1.29, 1.82) is 0 Å². The van der Waals surface area contributed by atoms with E-state index in [1.54, 1.807) is 19.9 Å². The Hall–Kier alpha value is -3.00. The van der Waals surface area contributed by atoms with E-state index in [1.807, 2.05) is 6.92 Å². The van der Waals surface area contributed by atoms with Crippen LogP contribution < -0.4 is 5.32 Å². The molecule has 1 aliphatic carbocycles. The topological polar surface area (TPSA) is 90.9 Å². The molecule has 1 aromatic carbocycles. The fraction of sp³-hybridized carbons (Fsp3) is 0.458. The van der Waals surface area contributed by atoms with Gasteiger partial charge in [-0.3, -0.25) is 9.59 Å². The van der Waals surface area contributed by atoms with Crippen LogP contribution in [0.4, 0.5) is 4.39 Å². The van der Waals surface area contributed by atoms with Gasteiger partial charge in [-0.2, -0.15) is 0 Å². The molecule has 32 heavy (non-hydrogen) atoms. The van der Waals surface area contributed by atoms with Crippen LogP contribution in [0.3, 0.4) is 0 Å². The van der Waals surface area contributed by atoms with Crippen LogP contribution in [-0.4, -0.2) is 44.7 Å². The zero-order chi connectivity index (χ0) is 23.4. The van der Waals surface area contributed by atoms with Crippen LogP contribution in [0.1, 0.15) is 38.7 Å². The number of dihydropyridines is 1. The Morgan fingerprint density at radius 2 is 1.94 bits per heavy atom. The van der Waals surface area contributed by atoms with Gasteiger partial charge >= 0.3 is 11.9 Å². The molecule has 0 unspecified atom stereocenters. The van der Waals surface area contributed by atoms with Gasteiger partial charge in [0.25, 0.3) is 0 Å². The molecule has 1 aliphatic heterocycles. The monoisotopic (exact) mass is 445 g/mol. The van der Waals surface area contributed by atoms with Crippen molar-refractivity contribution in [3.63, 3.8) is 0 Å². The van der Waals surface area contributed by atoms with Crippen molar-refractivity contribution in [2.75, 3.05) is 26.9 Å². The first-order chi connectivity index (χ1) is 15.3. The summed E-state index contributed by atoms with van der Waals surface area (Å²) in [7, 11) is 1.23. The molecular weight excluding hydrogens is 417 g/mol. The first-order valence-corrected chi connectivity index (χ1v) is 10.6. The molecule has 1 aromatic rings. The lowest BCUT2D eigenvalue weighted by Gasteiger charge is -2.38. The van der Waals surface area contributed by atoms with Gasteiger partial charge in [0, 0.05) is 29.1 Å². The molecule has 0 saturated heterocycles. The second-order valence-corrected chi connectivity index (χ2v) is 7.89. The quantitative estimate of drug-likeness (QED) is 0.392. The molecule has 0 fully saturated rings. The van der Waals surface area contributed by atoms with Crippen LogP contribution in [0.2, 0.25) is 0 Å². The second-order valence-electron chi connectivity index (χ2n) is 7.89. The molecule has 7 nitrogen and oxygen atoms in total. The number of ketones is 1. The molecule has 8 heteroatoms. The van der Waals surface area contributed by atoms with Crippen molar-refractivity contribution >= 4 is 17.7 Å². The summed E-state index contributed by atoms with van der Waals surface area (Å²) >= 11 is 0. The highest BCUT2D eigenvalue weighted by Gasteiger charge is 2.47. The van der Waals surface area contributed by atoms with Crippen LogP contribution in [0, 0.1) is 17.7 Å². The van der Waals surface area contributed by atoms with Crippen LogP contribution in [0.15, 0.2) is 46.8 Å². The van der Waals surface area contributed by atoms with Gasteiger partial charge in [-0.1, -0.05) is 25.1 Å². The summed E-state index contributed by atoms with van der Waals surface area (Å²) in [5.74, 6) is -4.68. The van der Waals surface area contributed by atoms with E-state index < -0.39 is 35.4 Å². The second kappa shape index (κ2) is 10.1. The van der Waals surface area contributed by atoms with Gasteiger partial charge in [-0.15, -0.1) is 0 Å². The largest absolute Gasteiger partial charge is 0.468 e. The number of rotatable bonds is 7. The summed E-state index contributed by atoms with van der Waals surface area (Å²) in [6.45, 7) is 6.04. The predicted molar refractivity (Wildman–Crippen MR) is 114 cm³/mol. The van der Waals surface area contributed by atoms with Gasteiger partial charge in [0.2, 0.25) is 0 Å². The van der Waals surface area contributed by atoms with Crippen LogP contribution in [0.5, 0.6) is 0 Å². The Balaban J connectivity index is 2.09. The fourth-order valence-electron chi connectivity index (χ4n) is 4.39. The van der Waals surface area contributed by atoms with E-state index in [0.717, 1.165) is 0 Å². The number of Topliss-reactive ketones (excluding diaryl/α,β-unsaturated/α-hetero) is 1. The van der Waals surface area contributed by atoms with Crippen molar-refractivity contribution in [2.24, 2.45) is 11.8 Å². The minimum Gasteiger partial charge on any atom is -0.468 e. The van der Waals surface area contributed by atoms with E-state index in [-0.39, 0.29) is 35.8 Å².